The quantitative estimate of drug-likeness (QED) is 0.848. The molecule has 1 fully saturated rings. The Kier molecular flexibility index (Phi) is 4.80. The van der Waals surface area contributed by atoms with Crippen LogP contribution in [0.25, 0.3) is 0 Å². The van der Waals surface area contributed by atoms with Crippen molar-refractivity contribution in [2.45, 2.75) is 44.3 Å². The third-order valence-electron chi connectivity index (χ3n) is 4.17. The average Bonchev–Trinajstić information content (AvgIpc) is 3.24. The first kappa shape index (κ1) is 16.8. The fourth-order valence-corrected chi connectivity index (χ4v) is 2.37. The van der Waals surface area contributed by atoms with Crippen molar-refractivity contribution >= 4 is 5.91 Å². The van der Waals surface area contributed by atoms with E-state index in [2.05, 4.69) is 5.32 Å². The Morgan fingerprint density at radius 2 is 1.91 bits per heavy atom. The Bertz CT molecular complexity index is 521. The second-order valence-electron chi connectivity index (χ2n) is 5.93. The summed E-state index contributed by atoms with van der Waals surface area (Å²) in [6.45, 7) is 1.79. The number of benzene rings is 1. The van der Waals surface area contributed by atoms with Crippen LogP contribution in [0.2, 0.25) is 0 Å². The van der Waals surface area contributed by atoms with Crippen LogP contribution in [-0.4, -0.2) is 23.2 Å². The van der Waals surface area contributed by atoms with Gasteiger partial charge in [-0.15, -0.1) is 0 Å². The minimum absolute atomic E-state index is 0.0740. The summed E-state index contributed by atoms with van der Waals surface area (Å²) in [7, 11) is 0. The van der Waals surface area contributed by atoms with E-state index in [1.54, 1.807) is 0 Å². The van der Waals surface area contributed by atoms with Gasteiger partial charge in [0.1, 0.15) is 0 Å². The zero-order valence-electron chi connectivity index (χ0n) is 12.4. The summed E-state index contributed by atoms with van der Waals surface area (Å²) in [5, 5.41) is 12.1. The standard InChI is InChI=1S/C16H20F3NO2/c1-2-12(14(22)20-15(10-21)7-8-15)9-11-3-5-13(6-4-11)16(17,18)19/h3-6,12,21H,2,7-10H2,1H3,(H,20,22). The first-order chi connectivity index (χ1) is 10.3. The Balaban J connectivity index is 1.99. The second kappa shape index (κ2) is 6.28. The Morgan fingerprint density at radius 1 is 1.32 bits per heavy atom. The van der Waals surface area contributed by atoms with Gasteiger partial charge in [0.2, 0.25) is 5.91 Å². The van der Waals surface area contributed by atoms with E-state index < -0.39 is 17.3 Å². The molecule has 22 heavy (non-hydrogen) atoms. The molecule has 0 heterocycles. The van der Waals surface area contributed by atoms with Crippen LogP contribution in [0.5, 0.6) is 0 Å². The number of hydrogen-bond acceptors (Lipinski definition) is 2. The van der Waals surface area contributed by atoms with Crippen molar-refractivity contribution in [1.82, 2.24) is 5.32 Å². The van der Waals surface area contributed by atoms with Gasteiger partial charge in [0, 0.05) is 5.92 Å². The van der Waals surface area contributed by atoms with Crippen LogP contribution in [0.4, 0.5) is 13.2 Å². The fourth-order valence-electron chi connectivity index (χ4n) is 2.37. The normalized spacial score (nSPS) is 17.9. The van der Waals surface area contributed by atoms with Gasteiger partial charge in [0.05, 0.1) is 17.7 Å². The highest BCUT2D eigenvalue weighted by molar-refractivity contribution is 5.80. The molecule has 0 aromatic heterocycles. The van der Waals surface area contributed by atoms with E-state index in [0.717, 1.165) is 25.0 Å². The van der Waals surface area contributed by atoms with Gasteiger partial charge in [0.15, 0.2) is 0 Å². The fraction of sp³-hybridized carbons (Fsp3) is 0.562. The Labute approximate surface area is 127 Å². The molecule has 0 spiro atoms. The van der Waals surface area contributed by atoms with Gasteiger partial charge in [-0.3, -0.25) is 4.79 Å². The highest BCUT2D eigenvalue weighted by Gasteiger charge is 2.44. The number of halogens is 3. The maximum absolute atomic E-state index is 12.5. The molecular formula is C16H20F3NO2. The van der Waals surface area contributed by atoms with Crippen LogP contribution in [0.15, 0.2) is 24.3 Å². The van der Waals surface area contributed by atoms with E-state index in [0.29, 0.717) is 18.4 Å². The van der Waals surface area contributed by atoms with Crippen LogP contribution in [0.1, 0.15) is 37.3 Å². The number of rotatable bonds is 6. The van der Waals surface area contributed by atoms with Crippen molar-refractivity contribution in [2.75, 3.05) is 6.61 Å². The zero-order valence-corrected chi connectivity index (χ0v) is 12.4. The zero-order chi connectivity index (χ0) is 16.4. The van der Waals surface area contributed by atoms with E-state index in [4.69, 9.17) is 0 Å². The lowest BCUT2D eigenvalue weighted by molar-refractivity contribution is -0.137. The van der Waals surface area contributed by atoms with Crippen molar-refractivity contribution < 1.29 is 23.1 Å². The van der Waals surface area contributed by atoms with Crippen LogP contribution in [0, 0.1) is 5.92 Å². The SMILES string of the molecule is CCC(Cc1ccc(C(F)(F)F)cc1)C(=O)NC1(CO)CC1. The van der Waals surface area contributed by atoms with Crippen molar-refractivity contribution in [3.05, 3.63) is 35.4 Å². The summed E-state index contributed by atoms with van der Waals surface area (Å²) >= 11 is 0. The van der Waals surface area contributed by atoms with Crippen molar-refractivity contribution in [2.24, 2.45) is 5.92 Å². The molecule has 2 N–H and O–H groups in total. The van der Waals surface area contributed by atoms with Gasteiger partial charge in [-0.2, -0.15) is 13.2 Å². The Hall–Kier alpha value is -1.56. The maximum atomic E-state index is 12.5. The highest BCUT2D eigenvalue weighted by atomic mass is 19.4. The molecule has 1 unspecified atom stereocenters. The summed E-state index contributed by atoms with van der Waals surface area (Å²) in [5.41, 5.74) is -0.459. The maximum Gasteiger partial charge on any atom is 0.416 e. The molecule has 0 aliphatic heterocycles. The molecule has 0 radical (unpaired) electrons. The topological polar surface area (TPSA) is 49.3 Å². The van der Waals surface area contributed by atoms with Crippen LogP contribution in [0.3, 0.4) is 0 Å². The molecule has 0 bridgehead atoms. The number of nitrogens with one attached hydrogen (secondary N) is 1. The van der Waals surface area contributed by atoms with E-state index in [1.165, 1.54) is 12.1 Å². The highest BCUT2D eigenvalue weighted by Crippen LogP contribution is 2.35. The predicted molar refractivity (Wildman–Crippen MR) is 76.1 cm³/mol. The van der Waals surface area contributed by atoms with Crippen molar-refractivity contribution in [3.8, 4) is 0 Å². The van der Waals surface area contributed by atoms with E-state index in [9.17, 15) is 23.1 Å². The molecule has 6 heteroatoms. The molecule has 1 aliphatic carbocycles. The molecule has 1 saturated carbocycles. The van der Waals surface area contributed by atoms with Crippen molar-refractivity contribution in [1.29, 1.82) is 0 Å². The largest absolute Gasteiger partial charge is 0.416 e. The number of amides is 1. The van der Waals surface area contributed by atoms with Crippen LogP contribution < -0.4 is 5.32 Å². The monoisotopic (exact) mass is 315 g/mol. The van der Waals surface area contributed by atoms with Crippen molar-refractivity contribution in [3.63, 3.8) is 0 Å². The molecule has 1 atom stereocenters. The van der Waals surface area contributed by atoms with Gasteiger partial charge in [-0.05, 0) is 43.4 Å². The number of aliphatic hydroxyl groups is 1. The lowest BCUT2D eigenvalue weighted by atomic mass is 9.95. The smallest absolute Gasteiger partial charge is 0.394 e. The van der Waals surface area contributed by atoms with Gasteiger partial charge >= 0.3 is 6.18 Å². The first-order valence-corrected chi connectivity index (χ1v) is 7.39. The summed E-state index contributed by atoms with van der Waals surface area (Å²) in [4.78, 5) is 12.2. The summed E-state index contributed by atoms with van der Waals surface area (Å²) in [6, 6.07) is 4.90. The number of alkyl halides is 3. The molecule has 1 aliphatic rings. The molecule has 2 rings (SSSR count). The molecule has 1 aromatic rings. The number of carbonyl (C=O) groups is 1. The number of hydrogen-bond donors (Lipinski definition) is 2. The Morgan fingerprint density at radius 3 is 2.32 bits per heavy atom. The number of aliphatic hydroxyl groups excluding tert-OH is 1. The van der Waals surface area contributed by atoms with E-state index in [-0.39, 0.29) is 18.4 Å². The second-order valence-corrected chi connectivity index (χ2v) is 5.93. The first-order valence-electron chi connectivity index (χ1n) is 7.39. The molecular weight excluding hydrogens is 295 g/mol. The van der Waals surface area contributed by atoms with Gasteiger partial charge in [-0.25, -0.2) is 0 Å². The third kappa shape index (κ3) is 4.00. The van der Waals surface area contributed by atoms with Gasteiger partial charge in [-0.1, -0.05) is 19.1 Å². The summed E-state index contributed by atoms with van der Waals surface area (Å²) in [5.74, 6) is -0.449. The van der Waals surface area contributed by atoms with Crippen LogP contribution >= 0.6 is 0 Å². The summed E-state index contributed by atoms with van der Waals surface area (Å²) < 4.78 is 37.6. The minimum Gasteiger partial charge on any atom is -0.394 e. The lowest BCUT2D eigenvalue weighted by Gasteiger charge is -2.20. The third-order valence-corrected chi connectivity index (χ3v) is 4.17. The molecule has 0 saturated heterocycles. The average molecular weight is 315 g/mol. The molecule has 1 aromatic carbocycles. The number of carbonyl (C=O) groups excluding carboxylic acids is 1. The molecule has 3 nitrogen and oxygen atoms in total. The predicted octanol–water partition coefficient (Wildman–Crippen LogP) is 2.92. The van der Waals surface area contributed by atoms with E-state index in [1.807, 2.05) is 6.92 Å². The molecule has 1 amide bonds. The lowest BCUT2D eigenvalue weighted by Crippen LogP contribution is -2.43. The van der Waals surface area contributed by atoms with Gasteiger partial charge < -0.3 is 10.4 Å². The van der Waals surface area contributed by atoms with Gasteiger partial charge in [0.25, 0.3) is 0 Å². The minimum atomic E-state index is -4.35. The van der Waals surface area contributed by atoms with E-state index >= 15 is 0 Å². The summed E-state index contributed by atoms with van der Waals surface area (Å²) in [6.07, 6.45) is -1.83. The molecule has 122 valence electrons. The van der Waals surface area contributed by atoms with Crippen LogP contribution in [-0.2, 0) is 17.4 Å².